The van der Waals surface area contributed by atoms with Gasteiger partial charge in [-0.2, -0.15) is 0 Å². The molecule has 0 saturated heterocycles. The van der Waals surface area contributed by atoms with E-state index in [4.69, 9.17) is 0 Å². The van der Waals surface area contributed by atoms with E-state index in [9.17, 15) is 14.4 Å². The van der Waals surface area contributed by atoms with Gasteiger partial charge in [0.25, 0.3) is 5.91 Å². The van der Waals surface area contributed by atoms with Crippen molar-refractivity contribution in [3.63, 3.8) is 0 Å². The summed E-state index contributed by atoms with van der Waals surface area (Å²) in [7, 11) is 0. The molecule has 4 aromatic rings. The SMILES string of the molecule is O=C(C[C@H]1NC(=O)c2ccccc2NC1=O)Nc1ccc2nc(CCc3ccccc3)[nH]c2c1. The standard InChI is InChI=1S/C26H23N5O3/c32-24(15-22-26(34)30-19-9-5-4-8-18(19)25(33)31-22)27-17-11-12-20-21(14-17)29-23(28-20)13-10-16-6-2-1-3-7-16/h1-9,11-12,14,22H,10,13,15H2,(H,27,32)(H,28,29)(H,30,34)(H,31,33)/t22-/m1/s1. The Morgan fingerprint density at radius 3 is 2.59 bits per heavy atom. The monoisotopic (exact) mass is 453 g/mol. The van der Waals surface area contributed by atoms with Crippen LogP contribution in [0.15, 0.2) is 72.8 Å². The number of H-pyrrole nitrogens is 1. The Morgan fingerprint density at radius 2 is 1.74 bits per heavy atom. The quantitative estimate of drug-likeness (QED) is 0.358. The number of rotatable bonds is 6. The molecule has 0 saturated carbocycles. The number of aromatic nitrogens is 2. The number of nitrogens with one attached hydrogen (secondary N) is 4. The highest BCUT2D eigenvalue weighted by atomic mass is 16.2. The van der Waals surface area contributed by atoms with Gasteiger partial charge in [-0.1, -0.05) is 42.5 Å². The van der Waals surface area contributed by atoms with Crippen LogP contribution in [0.1, 0.15) is 28.2 Å². The zero-order valence-electron chi connectivity index (χ0n) is 18.3. The summed E-state index contributed by atoms with van der Waals surface area (Å²) >= 11 is 0. The van der Waals surface area contributed by atoms with Gasteiger partial charge < -0.3 is 20.9 Å². The predicted molar refractivity (Wildman–Crippen MR) is 130 cm³/mol. The molecule has 0 spiro atoms. The molecular weight excluding hydrogens is 430 g/mol. The molecule has 0 unspecified atom stereocenters. The maximum Gasteiger partial charge on any atom is 0.254 e. The first-order chi connectivity index (χ1) is 16.5. The molecule has 8 nitrogen and oxygen atoms in total. The van der Waals surface area contributed by atoms with Gasteiger partial charge in [-0.05, 0) is 42.3 Å². The lowest BCUT2D eigenvalue weighted by Gasteiger charge is -2.14. The third kappa shape index (κ3) is 4.66. The van der Waals surface area contributed by atoms with Crippen molar-refractivity contribution in [1.29, 1.82) is 0 Å². The number of hydrogen-bond donors (Lipinski definition) is 4. The van der Waals surface area contributed by atoms with E-state index in [0.717, 1.165) is 29.7 Å². The number of anilines is 2. The van der Waals surface area contributed by atoms with Crippen LogP contribution in [-0.4, -0.2) is 33.7 Å². The number of benzene rings is 3. The second-order valence-electron chi connectivity index (χ2n) is 8.21. The smallest absolute Gasteiger partial charge is 0.254 e. The van der Waals surface area contributed by atoms with Crippen LogP contribution < -0.4 is 16.0 Å². The van der Waals surface area contributed by atoms with E-state index in [1.807, 2.05) is 30.3 Å². The Morgan fingerprint density at radius 1 is 0.941 bits per heavy atom. The second kappa shape index (κ2) is 9.19. The predicted octanol–water partition coefficient (Wildman–Crippen LogP) is 3.43. The Labute approximate surface area is 195 Å². The normalized spacial score (nSPS) is 15.2. The first-order valence-electron chi connectivity index (χ1n) is 11.1. The van der Waals surface area contributed by atoms with Crippen molar-refractivity contribution in [2.75, 3.05) is 10.6 Å². The van der Waals surface area contributed by atoms with Crippen LogP contribution in [0.5, 0.6) is 0 Å². The lowest BCUT2D eigenvalue weighted by Crippen LogP contribution is -2.43. The number of hydrogen-bond acceptors (Lipinski definition) is 4. The summed E-state index contributed by atoms with van der Waals surface area (Å²) in [6.45, 7) is 0. The second-order valence-corrected chi connectivity index (χ2v) is 8.21. The van der Waals surface area contributed by atoms with E-state index in [0.29, 0.717) is 16.9 Å². The van der Waals surface area contributed by atoms with Gasteiger partial charge in [-0.15, -0.1) is 0 Å². The molecule has 0 radical (unpaired) electrons. The summed E-state index contributed by atoms with van der Waals surface area (Å²) in [5.41, 5.74) is 4.26. The number of amides is 3. The molecule has 0 aliphatic carbocycles. The Bertz CT molecular complexity index is 1380. The Hall–Kier alpha value is -4.46. The molecular formula is C26H23N5O3. The fourth-order valence-electron chi connectivity index (χ4n) is 4.02. The fourth-order valence-corrected chi connectivity index (χ4v) is 4.02. The van der Waals surface area contributed by atoms with Crippen molar-refractivity contribution in [2.45, 2.75) is 25.3 Å². The van der Waals surface area contributed by atoms with E-state index < -0.39 is 17.9 Å². The summed E-state index contributed by atoms with van der Waals surface area (Å²) in [4.78, 5) is 45.6. The summed E-state index contributed by atoms with van der Waals surface area (Å²) in [6.07, 6.45) is 1.47. The van der Waals surface area contributed by atoms with Gasteiger partial charge in [0.15, 0.2) is 0 Å². The van der Waals surface area contributed by atoms with Gasteiger partial charge >= 0.3 is 0 Å². The summed E-state index contributed by atoms with van der Waals surface area (Å²) in [6, 6.07) is 21.4. The lowest BCUT2D eigenvalue weighted by molar-refractivity contribution is -0.122. The Kier molecular flexibility index (Phi) is 5.78. The van der Waals surface area contributed by atoms with Gasteiger partial charge in [0.05, 0.1) is 28.7 Å². The summed E-state index contributed by atoms with van der Waals surface area (Å²) < 4.78 is 0. The lowest BCUT2D eigenvalue weighted by atomic mass is 10.1. The van der Waals surface area contributed by atoms with E-state index in [1.165, 1.54) is 5.56 Å². The average molecular weight is 454 g/mol. The molecule has 1 aromatic heterocycles. The van der Waals surface area contributed by atoms with Crippen molar-refractivity contribution in [1.82, 2.24) is 15.3 Å². The van der Waals surface area contributed by atoms with E-state index in [2.05, 4.69) is 38.1 Å². The highest BCUT2D eigenvalue weighted by Crippen LogP contribution is 2.21. The van der Waals surface area contributed by atoms with Crippen LogP contribution in [-0.2, 0) is 22.4 Å². The minimum absolute atomic E-state index is 0.186. The van der Waals surface area contributed by atoms with Crippen LogP contribution in [0, 0.1) is 0 Å². The van der Waals surface area contributed by atoms with Gasteiger partial charge in [0, 0.05) is 12.1 Å². The first-order valence-corrected chi connectivity index (χ1v) is 11.1. The number of carbonyl (C=O) groups is 3. The number of aromatic amines is 1. The van der Waals surface area contributed by atoms with Crippen molar-refractivity contribution >= 4 is 40.1 Å². The molecule has 0 fully saturated rings. The minimum atomic E-state index is -0.972. The topological polar surface area (TPSA) is 116 Å². The largest absolute Gasteiger partial charge is 0.342 e. The average Bonchev–Trinajstić information content (AvgIpc) is 3.20. The fraction of sp³-hybridized carbons (Fsp3) is 0.154. The van der Waals surface area contributed by atoms with Crippen LogP contribution in [0.25, 0.3) is 11.0 Å². The third-order valence-electron chi connectivity index (χ3n) is 5.75. The zero-order chi connectivity index (χ0) is 23.5. The molecule has 1 aliphatic heterocycles. The number of para-hydroxylation sites is 1. The maximum absolute atomic E-state index is 12.7. The first kappa shape index (κ1) is 21.4. The van der Waals surface area contributed by atoms with Crippen molar-refractivity contribution in [3.8, 4) is 0 Å². The third-order valence-corrected chi connectivity index (χ3v) is 5.75. The number of aryl methyl sites for hydroxylation is 2. The molecule has 8 heteroatoms. The highest BCUT2D eigenvalue weighted by molar-refractivity contribution is 6.11. The molecule has 0 bridgehead atoms. The molecule has 4 N–H and O–H groups in total. The molecule has 1 aliphatic rings. The van der Waals surface area contributed by atoms with Gasteiger partial charge in [-0.25, -0.2) is 4.98 Å². The number of nitrogens with zero attached hydrogens (tertiary/aromatic N) is 1. The van der Waals surface area contributed by atoms with E-state index in [-0.39, 0.29) is 12.3 Å². The molecule has 5 rings (SSSR count). The van der Waals surface area contributed by atoms with Gasteiger partial charge in [-0.3, -0.25) is 14.4 Å². The zero-order valence-corrected chi connectivity index (χ0v) is 18.3. The van der Waals surface area contributed by atoms with E-state index in [1.54, 1.807) is 30.3 Å². The summed E-state index contributed by atoms with van der Waals surface area (Å²) in [5, 5.41) is 8.15. The van der Waals surface area contributed by atoms with Gasteiger partial charge in [0.1, 0.15) is 11.9 Å². The van der Waals surface area contributed by atoms with Gasteiger partial charge in [0.2, 0.25) is 11.8 Å². The molecule has 34 heavy (non-hydrogen) atoms. The van der Waals surface area contributed by atoms with Crippen molar-refractivity contribution in [2.24, 2.45) is 0 Å². The summed E-state index contributed by atoms with van der Waals surface area (Å²) in [5.74, 6) is -0.330. The number of carbonyl (C=O) groups excluding carboxylic acids is 3. The van der Waals surface area contributed by atoms with Crippen molar-refractivity contribution < 1.29 is 14.4 Å². The molecule has 170 valence electrons. The number of imidazole rings is 1. The van der Waals surface area contributed by atoms with Crippen LogP contribution in [0.4, 0.5) is 11.4 Å². The minimum Gasteiger partial charge on any atom is -0.342 e. The van der Waals surface area contributed by atoms with Crippen LogP contribution in [0.2, 0.25) is 0 Å². The molecule has 1 atom stereocenters. The Balaban J connectivity index is 1.23. The number of fused-ring (bicyclic) bond motifs is 2. The van der Waals surface area contributed by atoms with E-state index >= 15 is 0 Å². The molecule has 3 aromatic carbocycles. The van der Waals surface area contributed by atoms with Crippen LogP contribution in [0.3, 0.4) is 0 Å². The maximum atomic E-state index is 12.7. The molecule has 3 amide bonds. The highest BCUT2D eigenvalue weighted by Gasteiger charge is 2.29. The van der Waals surface area contributed by atoms with Crippen LogP contribution >= 0.6 is 0 Å². The van der Waals surface area contributed by atoms with Crippen molar-refractivity contribution in [3.05, 3.63) is 89.7 Å². The molecule has 2 heterocycles.